The standard InChI is InChI=1S/C7H9Cl2NO3S2/c1-4(11)3-10-15(12,13)5-2-6(8)14-7(5)9/h2,4,10-11H,3H2,1H3. The Hall–Kier alpha value is 0.150. The fourth-order valence-electron chi connectivity index (χ4n) is 0.816. The SMILES string of the molecule is CC(O)CNS(=O)(=O)c1cc(Cl)sc1Cl. The van der Waals surface area contributed by atoms with E-state index in [9.17, 15) is 8.42 Å². The van der Waals surface area contributed by atoms with Crippen LogP contribution in [0.25, 0.3) is 0 Å². The van der Waals surface area contributed by atoms with Crippen LogP contribution in [0.1, 0.15) is 6.92 Å². The molecule has 0 aliphatic carbocycles. The highest BCUT2D eigenvalue weighted by Gasteiger charge is 2.20. The Morgan fingerprint density at radius 3 is 2.60 bits per heavy atom. The molecule has 0 bridgehead atoms. The average Bonchev–Trinajstić information content (AvgIpc) is 2.43. The van der Waals surface area contributed by atoms with Crippen molar-refractivity contribution in [3.63, 3.8) is 0 Å². The highest BCUT2D eigenvalue weighted by molar-refractivity contribution is 7.89. The van der Waals surface area contributed by atoms with Crippen molar-refractivity contribution in [3.8, 4) is 0 Å². The Balaban J connectivity index is 2.91. The van der Waals surface area contributed by atoms with Gasteiger partial charge in [-0.2, -0.15) is 0 Å². The fourth-order valence-corrected chi connectivity index (χ4v) is 4.09. The molecule has 1 unspecified atom stereocenters. The molecule has 1 heterocycles. The van der Waals surface area contributed by atoms with Gasteiger partial charge in [0.15, 0.2) is 0 Å². The molecular formula is C7H9Cl2NO3S2. The average molecular weight is 290 g/mol. The third-order valence-electron chi connectivity index (χ3n) is 1.48. The summed E-state index contributed by atoms with van der Waals surface area (Å²) in [4.78, 5) is -0.0557. The molecule has 0 aliphatic rings. The largest absolute Gasteiger partial charge is 0.392 e. The molecule has 1 aromatic heterocycles. The van der Waals surface area contributed by atoms with E-state index in [1.54, 1.807) is 0 Å². The lowest BCUT2D eigenvalue weighted by Gasteiger charge is -2.06. The van der Waals surface area contributed by atoms with Crippen molar-refractivity contribution in [2.75, 3.05) is 6.54 Å². The first kappa shape index (κ1) is 13.2. The van der Waals surface area contributed by atoms with Crippen LogP contribution in [0.5, 0.6) is 0 Å². The number of hydrogen-bond donors (Lipinski definition) is 2. The van der Waals surface area contributed by atoms with Crippen LogP contribution in [0.2, 0.25) is 8.67 Å². The molecule has 0 spiro atoms. The number of sulfonamides is 1. The lowest BCUT2D eigenvalue weighted by molar-refractivity contribution is 0.198. The van der Waals surface area contributed by atoms with Crippen LogP contribution < -0.4 is 4.72 Å². The van der Waals surface area contributed by atoms with E-state index >= 15 is 0 Å². The zero-order valence-corrected chi connectivity index (χ0v) is 10.8. The van der Waals surface area contributed by atoms with Gasteiger partial charge in [0.05, 0.1) is 10.4 Å². The van der Waals surface area contributed by atoms with Crippen molar-refractivity contribution < 1.29 is 13.5 Å². The molecule has 86 valence electrons. The van der Waals surface area contributed by atoms with Crippen molar-refractivity contribution in [2.45, 2.75) is 17.9 Å². The van der Waals surface area contributed by atoms with E-state index in [1.165, 1.54) is 13.0 Å². The van der Waals surface area contributed by atoms with Crippen LogP contribution in [0.3, 0.4) is 0 Å². The molecule has 1 atom stereocenters. The van der Waals surface area contributed by atoms with Gasteiger partial charge in [-0.25, -0.2) is 13.1 Å². The summed E-state index contributed by atoms with van der Waals surface area (Å²) in [5, 5.41) is 8.95. The summed E-state index contributed by atoms with van der Waals surface area (Å²) in [5.74, 6) is 0. The van der Waals surface area contributed by atoms with E-state index in [4.69, 9.17) is 28.3 Å². The minimum atomic E-state index is -3.68. The van der Waals surface area contributed by atoms with E-state index in [0.29, 0.717) is 4.34 Å². The van der Waals surface area contributed by atoms with Gasteiger partial charge in [-0.05, 0) is 13.0 Å². The van der Waals surface area contributed by atoms with Gasteiger partial charge in [-0.15, -0.1) is 11.3 Å². The predicted octanol–water partition coefficient (Wildman–Crippen LogP) is 1.71. The Kier molecular flexibility index (Phi) is 4.39. The molecule has 2 N–H and O–H groups in total. The minimum absolute atomic E-state index is 0.0557. The van der Waals surface area contributed by atoms with Crippen LogP contribution in [0.4, 0.5) is 0 Å². The number of aliphatic hydroxyl groups is 1. The summed E-state index contributed by atoms with van der Waals surface area (Å²) in [6.07, 6.45) is -0.757. The Morgan fingerprint density at radius 1 is 1.60 bits per heavy atom. The van der Waals surface area contributed by atoms with Crippen molar-refractivity contribution >= 4 is 44.6 Å². The van der Waals surface area contributed by atoms with Crippen LogP contribution in [0.15, 0.2) is 11.0 Å². The van der Waals surface area contributed by atoms with Gasteiger partial charge in [0.1, 0.15) is 9.23 Å². The molecule has 15 heavy (non-hydrogen) atoms. The molecule has 1 aromatic rings. The Morgan fingerprint density at radius 2 is 2.20 bits per heavy atom. The molecule has 4 nitrogen and oxygen atoms in total. The summed E-state index contributed by atoms with van der Waals surface area (Å²) in [6.45, 7) is 1.41. The Bertz CT molecular complexity index is 441. The van der Waals surface area contributed by atoms with Crippen LogP contribution in [-0.4, -0.2) is 26.2 Å². The van der Waals surface area contributed by atoms with Gasteiger partial charge in [0.2, 0.25) is 10.0 Å². The summed E-state index contributed by atoms with van der Waals surface area (Å²) in [5.41, 5.74) is 0. The first-order valence-corrected chi connectivity index (χ1v) is 7.01. The topological polar surface area (TPSA) is 66.4 Å². The quantitative estimate of drug-likeness (QED) is 0.887. The van der Waals surface area contributed by atoms with Gasteiger partial charge >= 0.3 is 0 Å². The van der Waals surface area contributed by atoms with Crippen molar-refractivity contribution in [1.29, 1.82) is 0 Å². The predicted molar refractivity (Wildman–Crippen MR) is 61.2 cm³/mol. The number of thiophene rings is 1. The van der Waals surface area contributed by atoms with Gasteiger partial charge in [0.25, 0.3) is 0 Å². The zero-order valence-electron chi connectivity index (χ0n) is 7.70. The van der Waals surface area contributed by atoms with Crippen molar-refractivity contribution in [1.82, 2.24) is 4.72 Å². The molecule has 0 radical (unpaired) electrons. The normalized spacial score (nSPS) is 14.1. The van der Waals surface area contributed by atoms with Crippen LogP contribution >= 0.6 is 34.5 Å². The second kappa shape index (κ2) is 4.99. The maximum absolute atomic E-state index is 11.6. The summed E-state index contributed by atoms with van der Waals surface area (Å²) < 4.78 is 25.9. The van der Waals surface area contributed by atoms with E-state index < -0.39 is 16.1 Å². The molecule has 0 saturated carbocycles. The minimum Gasteiger partial charge on any atom is -0.392 e. The van der Waals surface area contributed by atoms with Crippen LogP contribution in [-0.2, 0) is 10.0 Å². The van der Waals surface area contributed by atoms with E-state index in [0.717, 1.165) is 11.3 Å². The second-order valence-electron chi connectivity index (χ2n) is 2.89. The van der Waals surface area contributed by atoms with Gasteiger partial charge in [-0.1, -0.05) is 23.2 Å². The maximum Gasteiger partial charge on any atom is 0.243 e. The smallest absolute Gasteiger partial charge is 0.243 e. The van der Waals surface area contributed by atoms with Gasteiger partial charge in [0, 0.05) is 6.54 Å². The molecule has 0 amide bonds. The second-order valence-corrected chi connectivity index (χ2v) is 6.91. The summed E-state index contributed by atoms with van der Waals surface area (Å²) in [7, 11) is -3.68. The molecule has 0 fully saturated rings. The molecule has 8 heteroatoms. The van der Waals surface area contributed by atoms with Gasteiger partial charge < -0.3 is 5.11 Å². The van der Waals surface area contributed by atoms with Crippen molar-refractivity contribution in [2.24, 2.45) is 0 Å². The first-order valence-electron chi connectivity index (χ1n) is 3.95. The zero-order chi connectivity index (χ0) is 11.6. The Labute approximate surface area is 102 Å². The lowest BCUT2D eigenvalue weighted by Crippen LogP contribution is -2.30. The summed E-state index contributed by atoms with van der Waals surface area (Å²) >= 11 is 12.3. The third-order valence-corrected chi connectivity index (χ3v) is 4.66. The third kappa shape index (κ3) is 3.58. The van der Waals surface area contributed by atoms with E-state index in [1.807, 2.05) is 0 Å². The fraction of sp³-hybridized carbons (Fsp3) is 0.429. The van der Waals surface area contributed by atoms with E-state index in [-0.39, 0.29) is 15.8 Å². The first-order chi connectivity index (χ1) is 6.83. The maximum atomic E-state index is 11.6. The molecular weight excluding hydrogens is 281 g/mol. The number of hydrogen-bond acceptors (Lipinski definition) is 4. The molecule has 0 aliphatic heterocycles. The summed E-state index contributed by atoms with van der Waals surface area (Å²) in [6, 6.07) is 1.28. The highest BCUT2D eigenvalue weighted by Crippen LogP contribution is 2.33. The van der Waals surface area contributed by atoms with Crippen LogP contribution in [0, 0.1) is 0 Å². The number of rotatable bonds is 4. The monoisotopic (exact) mass is 289 g/mol. The number of nitrogens with one attached hydrogen (secondary N) is 1. The number of aliphatic hydroxyl groups excluding tert-OH is 1. The molecule has 1 rings (SSSR count). The number of halogens is 2. The van der Waals surface area contributed by atoms with E-state index in [2.05, 4.69) is 4.72 Å². The molecule has 0 saturated heterocycles. The van der Waals surface area contributed by atoms with Crippen molar-refractivity contribution in [3.05, 3.63) is 14.7 Å². The highest BCUT2D eigenvalue weighted by atomic mass is 35.5. The van der Waals surface area contributed by atoms with Gasteiger partial charge in [-0.3, -0.25) is 0 Å². The molecule has 0 aromatic carbocycles. The lowest BCUT2D eigenvalue weighted by atomic mass is 10.4.